The molecule has 0 aliphatic carbocycles. The minimum Gasteiger partial charge on any atom is -0.466 e. The van der Waals surface area contributed by atoms with E-state index in [-0.39, 0.29) is 12.4 Å². The second-order valence-corrected chi connectivity index (χ2v) is 5.52. The van der Waals surface area contributed by atoms with Crippen molar-refractivity contribution in [3.05, 3.63) is 11.1 Å². The van der Waals surface area contributed by atoms with Gasteiger partial charge in [-0.2, -0.15) is 0 Å². The van der Waals surface area contributed by atoms with Gasteiger partial charge in [-0.1, -0.05) is 13.8 Å². The van der Waals surface area contributed by atoms with E-state index in [0.29, 0.717) is 12.6 Å². The van der Waals surface area contributed by atoms with Gasteiger partial charge in [-0.15, -0.1) is 11.3 Å². The largest absolute Gasteiger partial charge is 0.466 e. The summed E-state index contributed by atoms with van der Waals surface area (Å²) in [7, 11) is 0. The molecule has 0 fully saturated rings. The molecule has 20 heavy (non-hydrogen) atoms. The minimum atomic E-state index is -0.222. The highest BCUT2D eigenvalue weighted by molar-refractivity contribution is 7.13. The number of aromatic nitrogens is 1. The van der Waals surface area contributed by atoms with Crippen LogP contribution in [0.25, 0.3) is 0 Å². The Labute approximate surface area is 125 Å². The molecular weight excluding hydrogens is 274 g/mol. The number of thiazole rings is 1. The van der Waals surface area contributed by atoms with Crippen molar-refractivity contribution < 1.29 is 9.53 Å². The molecule has 0 aromatic carbocycles. The van der Waals surface area contributed by atoms with Crippen LogP contribution in [0.5, 0.6) is 0 Å². The number of nitrogens with zero attached hydrogens (tertiary/aromatic N) is 2. The summed E-state index contributed by atoms with van der Waals surface area (Å²) in [5.41, 5.74) is 0.769. The molecule has 5 nitrogen and oxygen atoms in total. The summed E-state index contributed by atoms with van der Waals surface area (Å²) >= 11 is 1.53. The van der Waals surface area contributed by atoms with E-state index in [4.69, 9.17) is 4.74 Å². The smallest absolute Gasteiger partial charge is 0.311 e. The average molecular weight is 299 g/mol. The number of anilines is 1. The molecule has 1 rings (SSSR count). The maximum absolute atomic E-state index is 11.4. The lowest BCUT2D eigenvalue weighted by Crippen LogP contribution is -2.34. The number of likely N-dealkylation sites (N-methyl/N-ethyl adjacent to an activating group) is 1. The quantitative estimate of drug-likeness (QED) is 0.710. The molecule has 1 atom stereocenters. The maximum Gasteiger partial charge on any atom is 0.311 e. The Bertz CT molecular complexity index is 405. The molecular formula is C14H25N3O2S. The van der Waals surface area contributed by atoms with Crippen LogP contribution in [0, 0.1) is 0 Å². The van der Waals surface area contributed by atoms with E-state index in [1.54, 1.807) is 6.92 Å². The summed E-state index contributed by atoms with van der Waals surface area (Å²) in [6.45, 7) is 11.8. The Hall–Kier alpha value is -1.14. The summed E-state index contributed by atoms with van der Waals surface area (Å²) in [5.74, 6) is -0.222. The number of rotatable bonds is 9. The number of hydrogen-bond acceptors (Lipinski definition) is 6. The third kappa shape index (κ3) is 5.88. The van der Waals surface area contributed by atoms with E-state index in [1.807, 2.05) is 5.38 Å². The third-order valence-corrected chi connectivity index (χ3v) is 3.80. The molecule has 0 aliphatic heterocycles. The van der Waals surface area contributed by atoms with Gasteiger partial charge in [-0.25, -0.2) is 4.98 Å². The standard InChI is InChI=1S/C14H25N3O2S/c1-5-17(6-2)9-11(4)15-14-16-12(10-20-14)8-13(18)19-7-3/h10-11H,5-9H2,1-4H3,(H,15,16). The first-order chi connectivity index (χ1) is 9.58. The van der Waals surface area contributed by atoms with Gasteiger partial charge in [-0.3, -0.25) is 4.79 Å². The Morgan fingerprint density at radius 3 is 2.75 bits per heavy atom. The first kappa shape index (κ1) is 16.9. The molecule has 0 saturated carbocycles. The Morgan fingerprint density at radius 1 is 1.45 bits per heavy atom. The molecule has 0 spiro atoms. The van der Waals surface area contributed by atoms with Crippen LogP contribution < -0.4 is 5.32 Å². The van der Waals surface area contributed by atoms with E-state index >= 15 is 0 Å². The monoisotopic (exact) mass is 299 g/mol. The van der Waals surface area contributed by atoms with Gasteiger partial charge < -0.3 is 15.0 Å². The van der Waals surface area contributed by atoms with E-state index in [2.05, 4.69) is 36.0 Å². The van der Waals surface area contributed by atoms with Crippen molar-refractivity contribution in [2.24, 2.45) is 0 Å². The molecule has 0 amide bonds. The van der Waals surface area contributed by atoms with Crippen LogP contribution in [-0.2, 0) is 16.0 Å². The summed E-state index contributed by atoms with van der Waals surface area (Å²) in [6, 6.07) is 0.330. The molecule has 1 aromatic heterocycles. The maximum atomic E-state index is 11.4. The first-order valence-corrected chi connectivity index (χ1v) is 8.05. The highest BCUT2D eigenvalue weighted by Crippen LogP contribution is 2.17. The number of hydrogen-bond donors (Lipinski definition) is 1. The third-order valence-electron chi connectivity index (χ3n) is 2.98. The lowest BCUT2D eigenvalue weighted by atomic mass is 10.3. The van der Waals surface area contributed by atoms with Crippen molar-refractivity contribution in [1.82, 2.24) is 9.88 Å². The summed E-state index contributed by atoms with van der Waals surface area (Å²) in [4.78, 5) is 18.2. The van der Waals surface area contributed by atoms with Crippen LogP contribution in [0.3, 0.4) is 0 Å². The van der Waals surface area contributed by atoms with Gasteiger partial charge in [0.2, 0.25) is 0 Å². The highest BCUT2D eigenvalue weighted by Gasteiger charge is 2.11. The van der Waals surface area contributed by atoms with E-state index in [0.717, 1.165) is 30.5 Å². The Balaban J connectivity index is 2.45. The van der Waals surface area contributed by atoms with Gasteiger partial charge in [0.25, 0.3) is 0 Å². The molecule has 6 heteroatoms. The fourth-order valence-electron chi connectivity index (χ4n) is 1.94. The lowest BCUT2D eigenvalue weighted by Gasteiger charge is -2.23. The van der Waals surface area contributed by atoms with E-state index < -0.39 is 0 Å². The highest BCUT2D eigenvalue weighted by atomic mass is 32.1. The average Bonchev–Trinajstić information content (AvgIpc) is 2.83. The zero-order valence-electron chi connectivity index (χ0n) is 12.8. The molecule has 0 saturated heterocycles. The van der Waals surface area contributed by atoms with Gasteiger partial charge in [0.05, 0.1) is 18.7 Å². The van der Waals surface area contributed by atoms with Gasteiger partial charge in [-0.05, 0) is 26.9 Å². The predicted octanol–water partition coefficient (Wildman–Crippen LogP) is 2.39. The molecule has 0 bridgehead atoms. The number of nitrogens with one attached hydrogen (secondary N) is 1. The lowest BCUT2D eigenvalue weighted by molar-refractivity contribution is -0.142. The Morgan fingerprint density at radius 2 is 2.15 bits per heavy atom. The van der Waals surface area contributed by atoms with Crippen molar-refractivity contribution in [3.63, 3.8) is 0 Å². The van der Waals surface area contributed by atoms with Gasteiger partial charge in [0, 0.05) is 18.0 Å². The normalized spacial score (nSPS) is 12.4. The van der Waals surface area contributed by atoms with Crippen molar-refractivity contribution in [2.45, 2.75) is 40.2 Å². The van der Waals surface area contributed by atoms with Crippen LogP contribution in [0.15, 0.2) is 5.38 Å². The van der Waals surface area contributed by atoms with Gasteiger partial charge in [0.1, 0.15) is 0 Å². The van der Waals surface area contributed by atoms with Gasteiger partial charge in [0.15, 0.2) is 5.13 Å². The van der Waals surface area contributed by atoms with E-state index in [9.17, 15) is 4.79 Å². The Kier molecular flexibility index (Phi) is 7.54. The minimum absolute atomic E-state index is 0.222. The second kappa shape index (κ2) is 8.92. The second-order valence-electron chi connectivity index (χ2n) is 4.66. The summed E-state index contributed by atoms with van der Waals surface area (Å²) in [6.07, 6.45) is 0.246. The topological polar surface area (TPSA) is 54.5 Å². The van der Waals surface area contributed by atoms with Crippen molar-refractivity contribution >= 4 is 22.4 Å². The molecule has 1 N–H and O–H groups in total. The number of esters is 1. The van der Waals surface area contributed by atoms with Crippen molar-refractivity contribution in [2.75, 3.05) is 31.6 Å². The number of carbonyl (C=O) groups excluding carboxylic acids is 1. The van der Waals surface area contributed by atoms with Crippen LogP contribution >= 0.6 is 11.3 Å². The van der Waals surface area contributed by atoms with Crippen LogP contribution in [-0.4, -0.2) is 48.1 Å². The number of carbonyl (C=O) groups is 1. The first-order valence-electron chi connectivity index (χ1n) is 7.17. The zero-order valence-corrected chi connectivity index (χ0v) is 13.6. The molecule has 0 aliphatic rings. The van der Waals surface area contributed by atoms with Gasteiger partial charge >= 0.3 is 5.97 Å². The molecule has 1 aromatic rings. The van der Waals surface area contributed by atoms with Crippen LogP contribution in [0.1, 0.15) is 33.4 Å². The molecule has 1 heterocycles. The fraction of sp³-hybridized carbons (Fsp3) is 0.714. The van der Waals surface area contributed by atoms with Crippen molar-refractivity contribution in [3.8, 4) is 0 Å². The molecule has 0 radical (unpaired) electrons. The predicted molar refractivity (Wildman–Crippen MR) is 83.3 cm³/mol. The van der Waals surface area contributed by atoms with Crippen molar-refractivity contribution in [1.29, 1.82) is 0 Å². The van der Waals surface area contributed by atoms with Crippen LogP contribution in [0.4, 0.5) is 5.13 Å². The summed E-state index contributed by atoms with van der Waals surface area (Å²) < 4.78 is 4.92. The number of ether oxygens (including phenoxy) is 1. The molecule has 1 unspecified atom stereocenters. The fourth-order valence-corrected chi connectivity index (χ4v) is 2.76. The molecule has 114 valence electrons. The zero-order chi connectivity index (χ0) is 15.0. The van der Waals surface area contributed by atoms with Crippen LogP contribution in [0.2, 0.25) is 0 Å². The van der Waals surface area contributed by atoms with E-state index in [1.165, 1.54) is 11.3 Å². The summed E-state index contributed by atoms with van der Waals surface area (Å²) in [5, 5.41) is 6.15. The SMILES string of the molecule is CCOC(=O)Cc1csc(NC(C)CN(CC)CC)n1.